The van der Waals surface area contributed by atoms with Crippen molar-refractivity contribution in [3.8, 4) is 0 Å². The Morgan fingerprint density at radius 3 is 1.20 bits per heavy atom. The second kappa shape index (κ2) is 51.2. The minimum Gasteiger partial charge on any atom is -0.461 e. The Morgan fingerprint density at radius 1 is 0.379 bits per heavy atom. The number of nitrogens with zero attached hydrogens (tertiary/aromatic N) is 2. The van der Waals surface area contributed by atoms with Crippen molar-refractivity contribution in [3.05, 3.63) is 24.3 Å². The summed E-state index contributed by atoms with van der Waals surface area (Å²) < 4.78 is 10.8. The van der Waals surface area contributed by atoms with Crippen molar-refractivity contribution in [2.75, 3.05) is 40.9 Å². The highest BCUT2D eigenvalue weighted by Crippen LogP contribution is 2.25. The Labute approximate surface area is 413 Å². The standard InChI is InChI=1S/C60H116N2O4/c1-8-12-16-19-21-24-28-35-43-54-66-60(64)52-41-33-32-37-47-57(61(5)6)50-44-46-56(45-36-15-11-4)55-62(7)58(48-38-29-25-20-17-13-9-2)49-39-30-26-22-23-27-31-40-51-59(63)65-53-42-34-18-14-10-3/h34-35,42-43,56-58H,8-33,36-41,44-55H2,1-7H3. The minimum atomic E-state index is -0.0416. The van der Waals surface area contributed by atoms with Gasteiger partial charge in [-0.25, -0.2) is 0 Å². The SMILES string of the molecule is CCCCC=CCOC(=O)CCCCCCCCCCC(CCCCCCCCC)N(C)CC(CCCCC)CCCC(CCCCCCC(=O)OCC=CCCCCCCCC)N(C)C. The average Bonchev–Trinajstić information content (AvgIpc) is 3.30. The van der Waals surface area contributed by atoms with E-state index in [1.54, 1.807) is 0 Å². The van der Waals surface area contributed by atoms with E-state index in [9.17, 15) is 9.59 Å². The first-order valence-corrected chi connectivity index (χ1v) is 29.3. The summed E-state index contributed by atoms with van der Waals surface area (Å²) in [5.41, 5.74) is 0. The quantitative estimate of drug-likeness (QED) is 0.0344. The van der Waals surface area contributed by atoms with Crippen LogP contribution < -0.4 is 0 Å². The zero-order chi connectivity index (χ0) is 48.4. The summed E-state index contributed by atoms with van der Waals surface area (Å²) in [5.74, 6) is 0.715. The highest BCUT2D eigenvalue weighted by molar-refractivity contribution is 5.69. The van der Waals surface area contributed by atoms with Crippen molar-refractivity contribution in [1.29, 1.82) is 0 Å². The molecule has 0 aromatic rings. The third-order valence-corrected chi connectivity index (χ3v) is 14.2. The van der Waals surface area contributed by atoms with E-state index in [2.05, 4.69) is 70.8 Å². The first-order valence-electron chi connectivity index (χ1n) is 29.3. The van der Waals surface area contributed by atoms with Gasteiger partial charge in [-0.2, -0.15) is 0 Å². The molecule has 0 heterocycles. The molecule has 3 unspecified atom stereocenters. The molecule has 0 amide bonds. The lowest BCUT2D eigenvalue weighted by Crippen LogP contribution is -2.36. The first-order chi connectivity index (χ1) is 32.3. The number of unbranched alkanes of at least 4 members (excludes halogenated alkanes) is 26. The van der Waals surface area contributed by atoms with Crippen LogP contribution in [0, 0.1) is 5.92 Å². The number of hydrogen-bond acceptors (Lipinski definition) is 6. The van der Waals surface area contributed by atoms with Crippen molar-refractivity contribution in [3.63, 3.8) is 0 Å². The zero-order valence-electron chi connectivity index (χ0n) is 45.7. The van der Waals surface area contributed by atoms with E-state index in [-0.39, 0.29) is 11.9 Å². The zero-order valence-corrected chi connectivity index (χ0v) is 45.7. The summed E-state index contributed by atoms with van der Waals surface area (Å²) in [5, 5.41) is 0. The van der Waals surface area contributed by atoms with Crippen molar-refractivity contribution in [2.24, 2.45) is 5.92 Å². The molecular formula is C60H116N2O4. The maximum atomic E-state index is 12.3. The van der Waals surface area contributed by atoms with Gasteiger partial charge in [0, 0.05) is 31.5 Å². The third kappa shape index (κ3) is 44.8. The number of allylic oxidation sites excluding steroid dienone is 2. The van der Waals surface area contributed by atoms with Gasteiger partial charge in [0.2, 0.25) is 0 Å². The van der Waals surface area contributed by atoms with E-state index in [0.717, 1.165) is 44.4 Å². The van der Waals surface area contributed by atoms with Crippen LogP contribution in [0.25, 0.3) is 0 Å². The number of carbonyl (C=O) groups excluding carboxylic acids is 2. The number of ether oxygens (including phenoxy) is 2. The molecular weight excluding hydrogens is 813 g/mol. The molecule has 0 fully saturated rings. The molecule has 6 heteroatoms. The lowest BCUT2D eigenvalue weighted by Gasteiger charge is -2.32. The van der Waals surface area contributed by atoms with Gasteiger partial charge < -0.3 is 19.3 Å². The van der Waals surface area contributed by atoms with Gasteiger partial charge in [0.05, 0.1) is 0 Å². The highest BCUT2D eigenvalue weighted by Gasteiger charge is 2.20. The maximum absolute atomic E-state index is 12.3. The monoisotopic (exact) mass is 929 g/mol. The van der Waals surface area contributed by atoms with Crippen molar-refractivity contribution in [1.82, 2.24) is 9.80 Å². The first kappa shape index (κ1) is 64.3. The van der Waals surface area contributed by atoms with Gasteiger partial charge in [0.1, 0.15) is 13.2 Å². The fourth-order valence-corrected chi connectivity index (χ4v) is 9.67. The molecule has 0 saturated heterocycles. The van der Waals surface area contributed by atoms with Crippen LogP contribution in [0.3, 0.4) is 0 Å². The summed E-state index contributed by atoms with van der Waals surface area (Å²) in [4.78, 5) is 29.6. The molecule has 3 atom stereocenters. The van der Waals surface area contributed by atoms with Crippen LogP contribution >= 0.6 is 0 Å². The number of carbonyl (C=O) groups is 2. The number of rotatable bonds is 52. The van der Waals surface area contributed by atoms with Gasteiger partial charge in [-0.3, -0.25) is 9.59 Å². The topological polar surface area (TPSA) is 59.1 Å². The summed E-state index contributed by atoms with van der Waals surface area (Å²) >= 11 is 0. The Morgan fingerprint density at radius 2 is 0.727 bits per heavy atom. The molecule has 0 N–H and O–H groups in total. The molecule has 0 aromatic carbocycles. The van der Waals surface area contributed by atoms with E-state index < -0.39 is 0 Å². The van der Waals surface area contributed by atoms with E-state index >= 15 is 0 Å². The molecule has 0 spiro atoms. The Kier molecular flexibility index (Phi) is 49.9. The molecule has 6 nitrogen and oxygen atoms in total. The predicted molar refractivity (Wildman–Crippen MR) is 290 cm³/mol. The summed E-state index contributed by atoms with van der Waals surface area (Å²) in [6, 6.07) is 1.36. The van der Waals surface area contributed by atoms with Gasteiger partial charge >= 0.3 is 11.9 Å². The fourth-order valence-electron chi connectivity index (χ4n) is 9.67. The number of esters is 2. The lowest BCUT2D eigenvalue weighted by molar-refractivity contribution is -0.143. The minimum absolute atomic E-state index is 0.0401. The Bertz CT molecular complexity index is 1070. The van der Waals surface area contributed by atoms with Crippen molar-refractivity contribution < 1.29 is 19.1 Å². The van der Waals surface area contributed by atoms with Crippen LogP contribution in [0.5, 0.6) is 0 Å². The van der Waals surface area contributed by atoms with E-state index in [0.29, 0.717) is 38.1 Å². The average molecular weight is 930 g/mol. The van der Waals surface area contributed by atoms with Crippen molar-refractivity contribution >= 4 is 11.9 Å². The van der Waals surface area contributed by atoms with Crippen LogP contribution in [0.1, 0.15) is 291 Å². The molecule has 0 saturated carbocycles. The summed E-state index contributed by atoms with van der Waals surface area (Å²) in [7, 11) is 7.02. The molecule has 0 aromatic heterocycles. The van der Waals surface area contributed by atoms with E-state index in [1.165, 1.54) is 218 Å². The van der Waals surface area contributed by atoms with Gasteiger partial charge in [0.15, 0.2) is 0 Å². The van der Waals surface area contributed by atoms with Crippen LogP contribution in [0.4, 0.5) is 0 Å². The van der Waals surface area contributed by atoms with E-state index in [4.69, 9.17) is 9.47 Å². The molecule has 0 rings (SSSR count). The Balaban J connectivity index is 4.72. The molecule has 390 valence electrons. The van der Waals surface area contributed by atoms with Gasteiger partial charge in [-0.05, 0) is 97.7 Å². The van der Waals surface area contributed by atoms with Gasteiger partial charge in [0.25, 0.3) is 0 Å². The summed E-state index contributed by atoms with van der Waals surface area (Å²) in [6.45, 7) is 11.2. The third-order valence-electron chi connectivity index (χ3n) is 14.2. The Hall–Kier alpha value is -1.66. The van der Waals surface area contributed by atoms with Crippen molar-refractivity contribution in [2.45, 2.75) is 303 Å². The largest absolute Gasteiger partial charge is 0.461 e. The molecule has 0 aliphatic heterocycles. The molecule has 0 aliphatic rings. The van der Waals surface area contributed by atoms with Gasteiger partial charge in [-0.15, -0.1) is 0 Å². The van der Waals surface area contributed by atoms with Crippen LogP contribution in [0.2, 0.25) is 0 Å². The number of hydrogen-bond donors (Lipinski definition) is 0. The fraction of sp³-hybridized carbons (Fsp3) is 0.900. The maximum Gasteiger partial charge on any atom is 0.306 e. The van der Waals surface area contributed by atoms with E-state index in [1.807, 2.05) is 12.2 Å². The second-order valence-electron chi connectivity index (χ2n) is 20.7. The highest BCUT2D eigenvalue weighted by atomic mass is 16.5. The summed E-state index contributed by atoms with van der Waals surface area (Å²) in [6.07, 6.45) is 59.6. The molecule has 0 radical (unpaired) electrons. The molecule has 0 bridgehead atoms. The molecule has 0 aliphatic carbocycles. The van der Waals surface area contributed by atoms with Crippen LogP contribution in [0.15, 0.2) is 24.3 Å². The lowest BCUT2D eigenvalue weighted by atomic mass is 9.91. The molecule has 66 heavy (non-hydrogen) atoms. The van der Waals surface area contributed by atoms with Crippen LogP contribution in [-0.4, -0.2) is 74.7 Å². The second-order valence-corrected chi connectivity index (χ2v) is 20.7. The smallest absolute Gasteiger partial charge is 0.306 e. The normalized spacial score (nSPS) is 13.4. The van der Waals surface area contributed by atoms with Gasteiger partial charge in [-0.1, -0.05) is 232 Å². The van der Waals surface area contributed by atoms with Crippen LogP contribution in [-0.2, 0) is 19.1 Å². The predicted octanol–water partition coefficient (Wildman–Crippen LogP) is 18.1.